The number of likely N-dealkylation sites (tertiary alicyclic amines) is 1. The van der Waals surface area contributed by atoms with Crippen LogP contribution < -0.4 is 16.4 Å². The molecule has 1 rings (SSSR count). The molecule has 20 heavy (non-hydrogen) atoms. The fourth-order valence-corrected chi connectivity index (χ4v) is 2.36. The Morgan fingerprint density at radius 1 is 1.45 bits per heavy atom. The fourth-order valence-electron chi connectivity index (χ4n) is 2.36. The topological polar surface area (TPSA) is 125 Å². The first-order valence-corrected chi connectivity index (χ1v) is 6.73. The summed E-state index contributed by atoms with van der Waals surface area (Å²) in [6.07, 6.45) is 1.69. The molecule has 1 heterocycles. The molecule has 1 aliphatic rings. The minimum absolute atomic E-state index is 0.283. The molecule has 8 heteroatoms. The third-order valence-electron chi connectivity index (χ3n) is 3.41. The quantitative estimate of drug-likeness (QED) is 0.482. The summed E-state index contributed by atoms with van der Waals surface area (Å²) >= 11 is 0. The third-order valence-corrected chi connectivity index (χ3v) is 3.41. The highest BCUT2D eigenvalue weighted by Gasteiger charge is 2.25. The lowest BCUT2D eigenvalue weighted by Crippen LogP contribution is -2.50. The van der Waals surface area contributed by atoms with E-state index in [4.69, 9.17) is 10.8 Å². The van der Waals surface area contributed by atoms with E-state index in [1.807, 2.05) is 0 Å². The summed E-state index contributed by atoms with van der Waals surface area (Å²) in [5.41, 5.74) is 4.94. The number of rotatable bonds is 7. The molecule has 0 aliphatic carbocycles. The Morgan fingerprint density at radius 2 is 2.15 bits per heavy atom. The number of aliphatic carboxylic acids is 1. The summed E-state index contributed by atoms with van der Waals surface area (Å²) in [6, 6.07) is -1.61. The van der Waals surface area contributed by atoms with Crippen LogP contribution in [0.2, 0.25) is 0 Å². The van der Waals surface area contributed by atoms with Crippen molar-refractivity contribution >= 4 is 17.9 Å². The van der Waals surface area contributed by atoms with Gasteiger partial charge in [-0.1, -0.05) is 6.92 Å². The highest BCUT2D eigenvalue weighted by Crippen LogP contribution is 2.15. The van der Waals surface area contributed by atoms with E-state index in [0.29, 0.717) is 6.54 Å². The van der Waals surface area contributed by atoms with Crippen molar-refractivity contribution in [3.63, 3.8) is 0 Å². The van der Waals surface area contributed by atoms with E-state index in [0.717, 1.165) is 25.9 Å². The number of carbonyl (C=O) groups excluding carboxylic acids is 2. The van der Waals surface area contributed by atoms with Gasteiger partial charge in [-0.3, -0.25) is 9.69 Å². The molecule has 0 spiro atoms. The Kier molecular flexibility index (Phi) is 6.23. The monoisotopic (exact) mass is 286 g/mol. The van der Waals surface area contributed by atoms with E-state index in [1.54, 1.807) is 0 Å². The van der Waals surface area contributed by atoms with Crippen molar-refractivity contribution in [2.45, 2.75) is 38.3 Å². The van der Waals surface area contributed by atoms with Crippen LogP contribution in [0.1, 0.15) is 26.2 Å². The van der Waals surface area contributed by atoms with Gasteiger partial charge in [0.15, 0.2) is 0 Å². The summed E-state index contributed by atoms with van der Waals surface area (Å²) in [7, 11) is 0. The van der Waals surface area contributed by atoms with Crippen molar-refractivity contribution in [3.05, 3.63) is 0 Å². The Balaban J connectivity index is 2.38. The summed E-state index contributed by atoms with van der Waals surface area (Å²) < 4.78 is 0. The van der Waals surface area contributed by atoms with Gasteiger partial charge in [0.25, 0.3) is 0 Å². The molecule has 1 saturated heterocycles. The lowest BCUT2D eigenvalue weighted by atomic mass is 10.2. The molecular formula is C12H22N4O4. The Bertz CT molecular complexity index is 374. The molecule has 8 nitrogen and oxygen atoms in total. The minimum Gasteiger partial charge on any atom is -0.480 e. The average molecular weight is 286 g/mol. The zero-order valence-corrected chi connectivity index (χ0v) is 11.6. The second-order valence-corrected chi connectivity index (χ2v) is 4.84. The Hall–Kier alpha value is -1.83. The Morgan fingerprint density at radius 3 is 2.70 bits per heavy atom. The number of primary amides is 1. The maximum absolute atomic E-state index is 11.6. The van der Waals surface area contributed by atoms with Gasteiger partial charge in [-0.15, -0.1) is 0 Å². The molecule has 0 aromatic carbocycles. The van der Waals surface area contributed by atoms with Crippen LogP contribution in [-0.2, 0) is 9.59 Å². The normalized spacial score (nSPS) is 20.4. The molecule has 0 bridgehead atoms. The lowest BCUT2D eigenvalue weighted by Gasteiger charge is -2.23. The van der Waals surface area contributed by atoms with Crippen LogP contribution in [-0.4, -0.2) is 59.6 Å². The first kappa shape index (κ1) is 16.2. The molecule has 5 N–H and O–H groups in total. The molecule has 1 fully saturated rings. The zero-order chi connectivity index (χ0) is 15.1. The molecule has 0 aromatic heterocycles. The zero-order valence-electron chi connectivity index (χ0n) is 11.6. The van der Waals surface area contributed by atoms with Gasteiger partial charge < -0.3 is 21.5 Å². The molecule has 0 saturated carbocycles. The van der Waals surface area contributed by atoms with Gasteiger partial charge in [-0.2, -0.15) is 0 Å². The van der Waals surface area contributed by atoms with Crippen LogP contribution in [0.5, 0.6) is 0 Å². The second kappa shape index (κ2) is 7.68. The number of carboxylic acids is 1. The minimum atomic E-state index is -1.29. The van der Waals surface area contributed by atoms with Gasteiger partial charge >= 0.3 is 12.0 Å². The Labute approximate surface area is 117 Å². The number of nitrogens with one attached hydrogen (secondary N) is 2. The van der Waals surface area contributed by atoms with Crippen LogP contribution in [0.15, 0.2) is 0 Å². The molecule has 3 amide bonds. The number of hydrogen-bond acceptors (Lipinski definition) is 4. The number of hydrogen-bond donors (Lipinski definition) is 4. The number of nitrogens with zero attached hydrogens (tertiary/aromatic N) is 1. The number of amides is 3. The molecule has 114 valence electrons. The first-order valence-electron chi connectivity index (χ1n) is 6.73. The van der Waals surface area contributed by atoms with Gasteiger partial charge in [0, 0.05) is 12.6 Å². The standard InChI is InChI=1S/C12H22N4O4/c1-2-16-5-3-4-8(16)7-14-12(20)15-9(11(18)19)6-10(13)17/h8-9H,2-7H2,1H3,(H2,13,17)(H,18,19)(H2,14,15,20)/t8?,9-/m0/s1. The fraction of sp³-hybridized carbons (Fsp3) is 0.750. The van der Waals surface area contributed by atoms with Crippen molar-refractivity contribution in [1.29, 1.82) is 0 Å². The van der Waals surface area contributed by atoms with Gasteiger partial charge in [0.2, 0.25) is 5.91 Å². The molecular weight excluding hydrogens is 264 g/mol. The van der Waals surface area contributed by atoms with Gasteiger partial charge in [-0.05, 0) is 25.9 Å². The molecule has 1 unspecified atom stereocenters. The number of likely N-dealkylation sites (N-methyl/N-ethyl adjacent to an activating group) is 1. The van der Waals surface area contributed by atoms with E-state index in [1.165, 1.54) is 0 Å². The number of carbonyl (C=O) groups is 3. The van der Waals surface area contributed by atoms with E-state index in [2.05, 4.69) is 22.5 Å². The average Bonchev–Trinajstić information content (AvgIpc) is 2.82. The van der Waals surface area contributed by atoms with E-state index < -0.39 is 30.4 Å². The van der Waals surface area contributed by atoms with Gasteiger partial charge in [0.1, 0.15) is 6.04 Å². The predicted octanol–water partition coefficient (Wildman–Crippen LogP) is -0.901. The smallest absolute Gasteiger partial charge is 0.326 e. The highest BCUT2D eigenvalue weighted by atomic mass is 16.4. The van der Waals surface area contributed by atoms with Crippen molar-refractivity contribution < 1.29 is 19.5 Å². The van der Waals surface area contributed by atoms with Crippen molar-refractivity contribution in [2.24, 2.45) is 5.73 Å². The second-order valence-electron chi connectivity index (χ2n) is 4.84. The first-order chi connectivity index (χ1) is 9.43. The summed E-state index contributed by atoms with van der Waals surface area (Å²) in [5, 5.41) is 13.7. The summed E-state index contributed by atoms with van der Waals surface area (Å²) in [6.45, 7) is 4.46. The van der Waals surface area contributed by atoms with E-state index in [-0.39, 0.29) is 6.04 Å². The maximum atomic E-state index is 11.6. The van der Waals surface area contributed by atoms with Crippen molar-refractivity contribution in [1.82, 2.24) is 15.5 Å². The predicted molar refractivity (Wildman–Crippen MR) is 72.0 cm³/mol. The van der Waals surface area contributed by atoms with Crippen LogP contribution in [0.3, 0.4) is 0 Å². The van der Waals surface area contributed by atoms with Gasteiger partial charge in [0.05, 0.1) is 6.42 Å². The molecule has 0 radical (unpaired) electrons. The SMILES string of the molecule is CCN1CCCC1CNC(=O)N[C@@H](CC(N)=O)C(=O)O. The number of urea groups is 1. The molecule has 1 aliphatic heterocycles. The number of carboxylic acid groups (broad SMARTS) is 1. The van der Waals surface area contributed by atoms with Crippen LogP contribution in [0.25, 0.3) is 0 Å². The largest absolute Gasteiger partial charge is 0.480 e. The van der Waals surface area contributed by atoms with Gasteiger partial charge in [-0.25, -0.2) is 9.59 Å². The van der Waals surface area contributed by atoms with Crippen molar-refractivity contribution in [3.8, 4) is 0 Å². The number of nitrogens with two attached hydrogens (primary N) is 1. The third kappa shape index (κ3) is 5.04. The van der Waals surface area contributed by atoms with E-state index >= 15 is 0 Å². The highest BCUT2D eigenvalue weighted by molar-refractivity contribution is 5.87. The maximum Gasteiger partial charge on any atom is 0.326 e. The molecule has 2 atom stereocenters. The molecule has 0 aromatic rings. The van der Waals surface area contributed by atoms with Crippen LogP contribution >= 0.6 is 0 Å². The van der Waals surface area contributed by atoms with Crippen molar-refractivity contribution in [2.75, 3.05) is 19.6 Å². The van der Waals surface area contributed by atoms with Crippen LogP contribution in [0.4, 0.5) is 4.79 Å². The van der Waals surface area contributed by atoms with E-state index in [9.17, 15) is 14.4 Å². The summed E-state index contributed by atoms with van der Waals surface area (Å²) in [4.78, 5) is 35.5. The lowest BCUT2D eigenvalue weighted by molar-refractivity contribution is -0.140. The summed E-state index contributed by atoms with van der Waals surface area (Å²) in [5.74, 6) is -2.05. The van der Waals surface area contributed by atoms with Crippen LogP contribution in [0, 0.1) is 0 Å².